The normalized spacial score (nSPS) is 11.1. The third kappa shape index (κ3) is 5.88. The first kappa shape index (κ1) is 16.9. The average molecular weight is 279 g/mol. The first-order valence-corrected chi connectivity index (χ1v) is 7.47. The molecule has 0 atom stereocenters. The molecule has 20 heavy (non-hydrogen) atoms. The fourth-order valence-corrected chi connectivity index (χ4v) is 1.96. The van der Waals surface area contributed by atoms with Gasteiger partial charge in [-0.05, 0) is 36.6 Å². The summed E-state index contributed by atoms with van der Waals surface area (Å²) in [5.74, 6) is 1.70. The van der Waals surface area contributed by atoms with Gasteiger partial charge in [0.15, 0.2) is 0 Å². The first-order valence-electron chi connectivity index (χ1n) is 7.47. The average Bonchev–Trinajstić information content (AvgIpc) is 2.43. The van der Waals surface area contributed by atoms with Crippen molar-refractivity contribution < 1.29 is 4.74 Å². The van der Waals surface area contributed by atoms with Crippen molar-refractivity contribution in [2.75, 3.05) is 38.8 Å². The van der Waals surface area contributed by atoms with Crippen LogP contribution in [0.4, 0.5) is 5.82 Å². The number of anilines is 1. The molecule has 114 valence electrons. The van der Waals surface area contributed by atoms with E-state index >= 15 is 0 Å². The molecule has 1 aromatic rings. The number of pyridine rings is 1. The standard InChI is InChI=1S/C16H29N3O/c1-6-15-9-14(12-17-11-13(2)3)10-16(18-15)19(4)7-8-20-5/h9-10,13,17H,6-8,11-12H2,1-5H3. The molecule has 0 radical (unpaired) electrons. The Morgan fingerprint density at radius 1 is 1.35 bits per heavy atom. The lowest BCUT2D eigenvalue weighted by molar-refractivity contribution is 0.206. The van der Waals surface area contributed by atoms with E-state index in [0.717, 1.165) is 44.2 Å². The fraction of sp³-hybridized carbons (Fsp3) is 0.688. The number of rotatable bonds is 9. The molecule has 0 saturated carbocycles. The summed E-state index contributed by atoms with van der Waals surface area (Å²) >= 11 is 0. The van der Waals surface area contributed by atoms with Gasteiger partial charge in [-0.1, -0.05) is 20.8 Å². The molecule has 1 aromatic heterocycles. The number of aromatic nitrogens is 1. The molecular weight excluding hydrogens is 250 g/mol. The summed E-state index contributed by atoms with van der Waals surface area (Å²) in [4.78, 5) is 6.84. The molecule has 1 N–H and O–H groups in total. The molecule has 0 aliphatic heterocycles. The van der Waals surface area contributed by atoms with Gasteiger partial charge in [0.1, 0.15) is 5.82 Å². The number of ether oxygens (including phenoxy) is 1. The highest BCUT2D eigenvalue weighted by atomic mass is 16.5. The predicted octanol–water partition coefficient (Wildman–Crippen LogP) is 2.47. The topological polar surface area (TPSA) is 37.4 Å². The van der Waals surface area contributed by atoms with Gasteiger partial charge in [0.25, 0.3) is 0 Å². The molecule has 0 spiro atoms. The van der Waals surface area contributed by atoms with Crippen LogP contribution >= 0.6 is 0 Å². The Bertz CT molecular complexity index is 393. The lowest BCUT2D eigenvalue weighted by Crippen LogP contribution is -2.24. The highest BCUT2D eigenvalue weighted by molar-refractivity contribution is 5.42. The Morgan fingerprint density at radius 3 is 2.70 bits per heavy atom. The summed E-state index contributed by atoms with van der Waals surface area (Å²) < 4.78 is 5.13. The Labute approximate surface area is 123 Å². The largest absolute Gasteiger partial charge is 0.383 e. The van der Waals surface area contributed by atoms with Crippen LogP contribution in [0.15, 0.2) is 12.1 Å². The number of likely N-dealkylation sites (N-methyl/N-ethyl adjacent to an activating group) is 1. The summed E-state index contributed by atoms with van der Waals surface area (Å²) in [6, 6.07) is 4.36. The first-order chi connectivity index (χ1) is 9.56. The number of nitrogens with zero attached hydrogens (tertiary/aromatic N) is 2. The molecule has 0 saturated heterocycles. The van der Waals surface area contributed by atoms with E-state index in [1.807, 2.05) is 0 Å². The highest BCUT2D eigenvalue weighted by Crippen LogP contribution is 2.14. The summed E-state index contributed by atoms with van der Waals surface area (Å²) in [6.07, 6.45) is 0.961. The van der Waals surface area contributed by atoms with E-state index in [0.29, 0.717) is 5.92 Å². The molecule has 0 aliphatic carbocycles. The number of nitrogens with one attached hydrogen (secondary N) is 1. The summed E-state index contributed by atoms with van der Waals surface area (Å²) in [5.41, 5.74) is 2.45. The van der Waals surface area contributed by atoms with Gasteiger partial charge in [-0.15, -0.1) is 0 Å². The van der Waals surface area contributed by atoms with Gasteiger partial charge in [0.2, 0.25) is 0 Å². The van der Waals surface area contributed by atoms with Crippen molar-refractivity contribution in [3.05, 3.63) is 23.4 Å². The molecule has 1 heterocycles. The Morgan fingerprint density at radius 2 is 2.10 bits per heavy atom. The lowest BCUT2D eigenvalue weighted by Gasteiger charge is -2.19. The number of hydrogen-bond donors (Lipinski definition) is 1. The van der Waals surface area contributed by atoms with E-state index in [1.54, 1.807) is 7.11 Å². The maximum Gasteiger partial charge on any atom is 0.128 e. The van der Waals surface area contributed by atoms with Crippen LogP contribution in [0.2, 0.25) is 0 Å². The SMILES string of the molecule is CCc1cc(CNCC(C)C)cc(N(C)CCOC)n1. The number of methoxy groups -OCH3 is 1. The third-order valence-electron chi connectivity index (χ3n) is 3.19. The van der Waals surface area contributed by atoms with E-state index in [2.05, 4.69) is 50.2 Å². The van der Waals surface area contributed by atoms with Crippen LogP contribution < -0.4 is 10.2 Å². The second-order valence-corrected chi connectivity index (χ2v) is 5.62. The lowest BCUT2D eigenvalue weighted by atomic mass is 10.1. The van der Waals surface area contributed by atoms with Crippen molar-refractivity contribution in [2.24, 2.45) is 5.92 Å². The van der Waals surface area contributed by atoms with Crippen LogP contribution in [0, 0.1) is 5.92 Å². The van der Waals surface area contributed by atoms with E-state index in [4.69, 9.17) is 9.72 Å². The van der Waals surface area contributed by atoms with Crippen molar-refractivity contribution in [3.63, 3.8) is 0 Å². The summed E-state index contributed by atoms with van der Waals surface area (Å²) in [6.45, 7) is 10.1. The zero-order valence-corrected chi connectivity index (χ0v) is 13.6. The molecule has 0 aliphatic rings. The quantitative estimate of drug-likeness (QED) is 0.753. The second kappa shape index (κ2) is 8.93. The molecule has 0 fully saturated rings. The van der Waals surface area contributed by atoms with Crippen molar-refractivity contribution in [2.45, 2.75) is 33.7 Å². The zero-order chi connectivity index (χ0) is 15.0. The van der Waals surface area contributed by atoms with Gasteiger partial charge in [0, 0.05) is 32.9 Å². The Balaban J connectivity index is 2.74. The van der Waals surface area contributed by atoms with E-state index in [9.17, 15) is 0 Å². The fourth-order valence-electron chi connectivity index (χ4n) is 1.96. The molecule has 4 nitrogen and oxygen atoms in total. The maximum absolute atomic E-state index is 5.13. The van der Waals surface area contributed by atoms with Crippen molar-refractivity contribution in [1.29, 1.82) is 0 Å². The predicted molar refractivity (Wildman–Crippen MR) is 85.3 cm³/mol. The van der Waals surface area contributed by atoms with Crippen LogP contribution in [-0.2, 0) is 17.7 Å². The van der Waals surface area contributed by atoms with Crippen molar-refractivity contribution in [3.8, 4) is 0 Å². The van der Waals surface area contributed by atoms with Crippen LogP contribution in [0.3, 0.4) is 0 Å². The monoisotopic (exact) mass is 279 g/mol. The molecule has 1 rings (SSSR count). The van der Waals surface area contributed by atoms with E-state index in [1.165, 1.54) is 5.56 Å². The third-order valence-corrected chi connectivity index (χ3v) is 3.19. The van der Waals surface area contributed by atoms with Gasteiger partial charge in [-0.2, -0.15) is 0 Å². The summed E-state index contributed by atoms with van der Waals surface area (Å²) in [7, 11) is 3.79. The summed E-state index contributed by atoms with van der Waals surface area (Å²) in [5, 5.41) is 3.49. The Hall–Kier alpha value is -1.13. The Kier molecular flexibility index (Phi) is 7.55. The van der Waals surface area contributed by atoms with Crippen LogP contribution in [0.25, 0.3) is 0 Å². The molecule has 0 unspecified atom stereocenters. The molecule has 0 bridgehead atoms. The van der Waals surface area contributed by atoms with E-state index < -0.39 is 0 Å². The highest BCUT2D eigenvalue weighted by Gasteiger charge is 2.06. The van der Waals surface area contributed by atoms with Gasteiger partial charge >= 0.3 is 0 Å². The van der Waals surface area contributed by atoms with Gasteiger partial charge < -0.3 is 15.0 Å². The van der Waals surface area contributed by atoms with Crippen LogP contribution in [-0.4, -0.2) is 38.8 Å². The zero-order valence-electron chi connectivity index (χ0n) is 13.6. The van der Waals surface area contributed by atoms with Crippen LogP contribution in [0.1, 0.15) is 32.0 Å². The number of hydrogen-bond acceptors (Lipinski definition) is 4. The minimum absolute atomic E-state index is 0.673. The molecule has 0 amide bonds. The molecule has 4 heteroatoms. The maximum atomic E-state index is 5.13. The molecule has 0 aromatic carbocycles. The second-order valence-electron chi connectivity index (χ2n) is 5.62. The van der Waals surface area contributed by atoms with Gasteiger partial charge in [0.05, 0.1) is 6.61 Å². The number of aryl methyl sites for hydroxylation is 1. The van der Waals surface area contributed by atoms with Crippen molar-refractivity contribution in [1.82, 2.24) is 10.3 Å². The van der Waals surface area contributed by atoms with Crippen LogP contribution in [0.5, 0.6) is 0 Å². The molecular formula is C16H29N3O. The van der Waals surface area contributed by atoms with Crippen molar-refractivity contribution >= 4 is 5.82 Å². The minimum Gasteiger partial charge on any atom is -0.383 e. The van der Waals surface area contributed by atoms with E-state index in [-0.39, 0.29) is 0 Å². The van der Waals surface area contributed by atoms with Gasteiger partial charge in [-0.25, -0.2) is 4.98 Å². The van der Waals surface area contributed by atoms with Gasteiger partial charge in [-0.3, -0.25) is 0 Å². The smallest absolute Gasteiger partial charge is 0.128 e. The minimum atomic E-state index is 0.673.